The third-order valence-electron chi connectivity index (χ3n) is 1.63. The molecule has 2 heterocycles. The van der Waals surface area contributed by atoms with Crippen molar-refractivity contribution < 1.29 is 9.59 Å². The number of nitrogens with one attached hydrogen (secondary N) is 1. The van der Waals surface area contributed by atoms with Gasteiger partial charge >= 0.3 is 6.03 Å². The smallest absolute Gasteiger partial charge is 0.276 e. The predicted octanol–water partition coefficient (Wildman–Crippen LogP) is 0.508. The van der Waals surface area contributed by atoms with E-state index in [-0.39, 0.29) is 18.5 Å². The van der Waals surface area contributed by atoms with Crippen molar-refractivity contribution >= 4 is 28.4 Å². The number of urea groups is 1. The first-order chi connectivity index (χ1) is 6.16. The number of amides is 3. The van der Waals surface area contributed by atoms with Crippen LogP contribution in [0.2, 0.25) is 0 Å². The van der Waals surface area contributed by atoms with E-state index in [0.717, 1.165) is 5.69 Å². The van der Waals surface area contributed by atoms with Crippen LogP contribution in [0.15, 0.2) is 5.38 Å². The Balaban J connectivity index is 2.27. The lowest BCUT2D eigenvalue weighted by molar-refractivity contribution is -0.117. The first-order valence-corrected chi connectivity index (χ1v) is 4.58. The summed E-state index contributed by atoms with van der Waals surface area (Å²) in [6.07, 6.45) is 0. The Hall–Kier alpha value is -1.43. The maximum atomic E-state index is 11.2. The summed E-state index contributed by atoms with van der Waals surface area (Å²) in [6, 6.07) is -0.389. The van der Waals surface area contributed by atoms with E-state index in [9.17, 15) is 9.59 Å². The summed E-state index contributed by atoms with van der Waals surface area (Å²) in [5, 5.41) is 4.60. The van der Waals surface area contributed by atoms with Gasteiger partial charge in [0.25, 0.3) is 0 Å². The Morgan fingerprint density at radius 2 is 2.38 bits per heavy atom. The van der Waals surface area contributed by atoms with E-state index in [2.05, 4.69) is 10.3 Å². The third-order valence-corrected chi connectivity index (χ3v) is 2.61. The summed E-state index contributed by atoms with van der Waals surface area (Å²) >= 11 is 1.35. The topological polar surface area (TPSA) is 62.3 Å². The highest BCUT2D eigenvalue weighted by molar-refractivity contribution is 7.14. The number of imide groups is 1. The Morgan fingerprint density at radius 1 is 1.62 bits per heavy atom. The summed E-state index contributed by atoms with van der Waals surface area (Å²) in [4.78, 5) is 27.4. The number of aromatic nitrogens is 1. The molecule has 13 heavy (non-hydrogen) atoms. The second-order valence-electron chi connectivity index (χ2n) is 2.71. The van der Waals surface area contributed by atoms with E-state index in [1.807, 2.05) is 12.3 Å². The van der Waals surface area contributed by atoms with Crippen LogP contribution in [0, 0.1) is 6.92 Å². The first-order valence-electron chi connectivity index (χ1n) is 3.70. The minimum absolute atomic E-state index is 0.0752. The summed E-state index contributed by atoms with van der Waals surface area (Å²) in [5.74, 6) is -0.280. The van der Waals surface area contributed by atoms with Crippen molar-refractivity contribution in [2.45, 2.75) is 6.92 Å². The minimum Gasteiger partial charge on any atom is -0.276 e. The van der Waals surface area contributed by atoms with Crippen LogP contribution in [0.4, 0.5) is 9.93 Å². The lowest BCUT2D eigenvalue weighted by Gasteiger charge is -2.06. The number of aryl methyl sites for hydroxylation is 1. The standard InChI is InChI=1S/C7H7N3O2S/c1-4-3-13-7(8-4)10-2-5(11)9-6(10)12/h3H,2H2,1H3,(H,9,11,12). The first kappa shape index (κ1) is 8.18. The molecule has 0 spiro atoms. The van der Waals surface area contributed by atoms with Crippen LogP contribution < -0.4 is 10.2 Å². The molecule has 1 saturated heterocycles. The van der Waals surface area contributed by atoms with E-state index in [0.29, 0.717) is 5.13 Å². The van der Waals surface area contributed by atoms with Gasteiger partial charge in [-0.3, -0.25) is 15.0 Å². The Labute approximate surface area is 78.4 Å². The second kappa shape index (κ2) is 2.81. The molecular weight excluding hydrogens is 190 g/mol. The number of hydrogen-bond donors (Lipinski definition) is 1. The average Bonchev–Trinajstić information content (AvgIpc) is 2.58. The van der Waals surface area contributed by atoms with E-state index < -0.39 is 0 Å². The molecule has 1 fully saturated rings. The summed E-state index contributed by atoms with van der Waals surface area (Å²) in [7, 11) is 0. The third kappa shape index (κ3) is 1.40. The van der Waals surface area contributed by atoms with Crippen LogP contribution in [0.25, 0.3) is 0 Å². The molecular formula is C7H7N3O2S. The second-order valence-corrected chi connectivity index (χ2v) is 3.55. The van der Waals surface area contributed by atoms with Gasteiger partial charge in [0.1, 0.15) is 6.54 Å². The fraction of sp³-hybridized carbons (Fsp3) is 0.286. The molecule has 68 valence electrons. The number of anilines is 1. The highest BCUT2D eigenvalue weighted by atomic mass is 32.1. The van der Waals surface area contributed by atoms with Gasteiger partial charge in [-0.05, 0) is 6.92 Å². The molecule has 0 unspecified atom stereocenters. The number of carbonyl (C=O) groups excluding carboxylic acids is 2. The van der Waals surface area contributed by atoms with Crippen LogP contribution in [0.1, 0.15) is 5.69 Å². The van der Waals surface area contributed by atoms with E-state index in [1.165, 1.54) is 16.2 Å². The SMILES string of the molecule is Cc1csc(N2CC(=O)NC2=O)n1. The van der Waals surface area contributed by atoms with Gasteiger partial charge in [-0.1, -0.05) is 0 Å². The van der Waals surface area contributed by atoms with Crippen molar-refractivity contribution in [2.24, 2.45) is 0 Å². The zero-order chi connectivity index (χ0) is 9.42. The molecule has 1 N–H and O–H groups in total. The van der Waals surface area contributed by atoms with E-state index >= 15 is 0 Å². The molecule has 0 bridgehead atoms. The minimum atomic E-state index is -0.389. The highest BCUT2D eigenvalue weighted by Gasteiger charge is 2.29. The molecule has 1 aliphatic heterocycles. The van der Waals surface area contributed by atoms with Crippen LogP contribution >= 0.6 is 11.3 Å². The molecule has 6 heteroatoms. The number of carbonyl (C=O) groups is 2. The normalized spacial score (nSPS) is 16.5. The highest BCUT2D eigenvalue weighted by Crippen LogP contribution is 2.21. The van der Waals surface area contributed by atoms with Crippen LogP contribution in [0.5, 0.6) is 0 Å². The maximum Gasteiger partial charge on any atom is 0.330 e. The lowest BCUT2D eigenvalue weighted by atomic mass is 10.6. The fourth-order valence-electron chi connectivity index (χ4n) is 1.06. The molecule has 0 radical (unpaired) electrons. The number of thiazole rings is 1. The van der Waals surface area contributed by atoms with Crippen LogP contribution in [-0.4, -0.2) is 23.5 Å². The number of nitrogens with zero attached hydrogens (tertiary/aromatic N) is 2. The quantitative estimate of drug-likeness (QED) is 0.667. The largest absolute Gasteiger partial charge is 0.330 e. The number of hydrogen-bond acceptors (Lipinski definition) is 4. The van der Waals surface area contributed by atoms with Gasteiger partial charge in [-0.15, -0.1) is 11.3 Å². The van der Waals surface area contributed by atoms with Crippen molar-refractivity contribution in [1.29, 1.82) is 0 Å². The molecule has 2 rings (SSSR count). The summed E-state index contributed by atoms with van der Waals surface area (Å²) in [6.45, 7) is 1.92. The summed E-state index contributed by atoms with van der Waals surface area (Å²) < 4.78 is 0. The Kier molecular flexibility index (Phi) is 1.77. The Morgan fingerprint density at radius 3 is 2.85 bits per heavy atom. The lowest BCUT2D eigenvalue weighted by Crippen LogP contribution is -2.27. The van der Waals surface area contributed by atoms with Crippen molar-refractivity contribution in [3.8, 4) is 0 Å². The van der Waals surface area contributed by atoms with E-state index in [4.69, 9.17) is 0 Å². The maximum absolute atomic E-state index is 11.2. The molecule has 1 aliphatic rings. The van der Waals surface area contributed by atoms with Gasteiger partial charge in [0.05, 0.1) is 5.69 Å². The van der Waals surface area contributed by atoms with Crippen LogP contribution in [0.3, 0.4) is 0 Å². The molecule has 0 aromatic carbocycles. The summed E-state index contributed by atoms with van der Waals surface area (Å²) in [5.41, 5.74) is 0.854. The van der Waals surface area contributed by atoms with Gasteiger partial charge in [-0.25, -0.2) is 9.78 Å². The fourth-order valence-corrected chi connectivity index (χ4v) is 1.86. The van der Waals surface area contributed by atoms with Crippen molar-refractivity contribution in [3.05, 3.63) is 11.1 Å². The zero-order valence-electron chi connectivity index (χ0n) is 6.90. The van der Waals surface area contributed by atoms with Crippen molar-refractivity contribution in [1.82, 2.24) is 10.3 Å². The molecule has 3 amide bonds. The molecule has 1 aromatic rings. The van der Waals surface area contributed by atoms with Crippen molar-refractivity contribution in [2.75, 3.05) is 11.4 Å². The number of rotatable bonds is 1. The molecule has 5 nitrogen and oxygen atoms in total. The van der Waals surface area contributed by atoms with Gasteiger partial charge < -0.3 is 0 Å². The van der Waals surface area contributed by atoms with Gasteiger partial charge in [-0.2, -0.15) is 0 Å². The van der Waals surface area contributed by atoms with Crippen LogP contribution in [-0.2, 0) is 4.79 Å². The average molecular weight is 197 g/mol. The molecule has 0 aliphatic carbocycles. The molecule has 0 atom stereocenters. The predicted molar refractivity (Wildman–Crippen MR) is 47.7 cm³/mol. The van der Waals surface area contributed by atoms with Gasteiger partial charge in [0.15, 0.2) is 5.13 Å². The monoisotopic (exact) mass is 197 g/mol. The van der Waals surface area contributed by atoms with Crippen molar-refractivity contribution in [3.63, 3.8) is 0 Å². The molecule has 0 saturated carbocycles. The van der Waals surface area contributed by atoms with Gasteiger partial charge in [0, 0.05) is 5.38 Å². The zero-order valence-corrected chi connectivity index (χ0v) is 7.72. The molecule has 1 aromatic heterocycles. The Bertz CT molecular complexity index is 374. The van der Waals surface area contributed by atoms with Gasteiger partial charge in [0.2, 0.25) is 5.91 Å². The van der Waals surface area contributed by atoms with E-state index in [1.54, 1.807) is 0 Å².